The van der Waals surface area contributed by atoms with Crippen LogP contribution < -0.4 is 5.73 Å². The lowest BCUT2D eigenvalue weighted by atomic mass is 9.92. The summed E-state index contributed by atoms with van der Waals surface area (Å²) in [7, 11) is 0. The van der Waals surface area contributed by atoms with Crippen molar-refractivity contribution in [3.8, 4) is 0 Å². The number of hydrogen-bond donors (Lipinski definition) is 1. The van der Waals surface area contributed by atoms with Crippen molar-refractivity contribution in [3.05, 3.63) is 29.8 Å². The zero-order valence-corrected chi connectivity index (χ0v) is 10.9. The Morgan fingerprint density at radius 2 is 1.94 bits per heavy atom. The van der Waals surface area contributed by atoms with Gasteiger partial charge in [-0.2, -0.15) is 0 Å². The number of nitrogen functional groups attached to an aromatic ring is 1. The smallest absolute Gasteiger partial charge is 0.0359 e. The minimum absolute atomic E-state index is 0.934. The Hall–Kier alpha value is -1.02. The van der Waals surface area contributed by atoms with E-state index in [0.29, 0.717) is 0 Å². The Morgan fingerprint density at radius 3 is 2.59 bits per heavy atom. The van der Waals surface area contributed by atoms with Crippen LogP contribution in [0.4, 0.5) is 5.69 Å². The molecule has 1 aromatic carbocycles. The highest BCUT2D eigenvalue weighted by Crippen LogP contribution is 2.23. The highest BCUT2D eigenvalue weighted by molar-refractivity contribution is 5.46. The summed E-state index contributed by atoms with van der Waals surface area (Å²) in [5, 5.41) is 0. The molecule has 1 heterocycles. The van der Waals surface area contributed by atoms with Crippen LogP contribution >= 0.6 is 0 Å². The topological polar surface area (TPSA) is 29.3 Å². The average Bonchev–Trinajstić information content (AvgIpc) is 2.35. The lowest BCUT2D eigenvalue weighted by Crippen LogP contribution is -2.33. The summed E-state index contributed by atoms with van der Waals surface area (Å²) in [5.41, 5.74) is 8.20. The van der Waals surface area contributed by atoms with Crippen molar-refractivity contribution >= 4 is 5.69 Å². The summed E-state index contributed by atoms with van der Waals surface area (Å²) in [6.45, 7) is 5.78. The Morgan fingerprint density at radius 1 is 1.24 bits per heavy atom. The number of likely N-dealkylation sites (tertiary alicyclic amines) is 1. The maximum absolute atomic E-state index is 5.99. The van der Waals surface area contributed by atoms with Crippen molar-refractivity contribution < 1.29 is 0 Å². The summed E-state index contributed by atoms with van der Waals surface area (Å²) < 4.78 is 0. The van der Waals surface area contributed by atoms with Crippen molar-refractivity contribution in [2.75, 3.05) is 18.8 Å². The molecular weight excluding hydrogens is 208 g/mol. The number of anilines is 1. The molecule has 1 saturated heterocycles. The van der Waals surface area contributed by atoms with Gasteiger partial charge in [0.05, 0.1) is 0 Å². The lowest BCUT2D eigenvalue weighted by Gasteiger charge is -2.32. The van der Waals surface area contributed by atoms with Gasteiger partial charge in [-0.15, -0.1) is 0 Å². The van der Waals surface area contributed by atoms with Crippen molar-refractivity contribution in [3.63, 3.8) is 0 Å². The third kappa shape index (κ3) is 3.47. The van der Waals surface area contributed by atoms with Crippen LogP contribution in [0.3, 0.4) is 0 Å². The van der Waals surface area contributed by atoms with Crippen LogP contribution in [-0.2, 0) is 6.54 Å². The maximum Gasteiger partial charge on any atom is 0.0359 e. The molecule has 1 aromatic rings. The van der Waals surface area contributed by atoms with Gasteiger partial charge in [0.2, 0.25) is 0 Å². The van der Waals surface area contributed by atoms with E-state index in [2.05, 4.69) is 24.0 Å². The van der Waals surface area contributed by atoms with Gasteiger partial charge in [-0.3, -0.25) is 4.90 Å². The molecule has 1 fully saturated rings. The predicted octanol–water partition coefficient (Wildman–Crippen LogP) is 3.28. The van der Waals surface area contributed by atoms with Gasteiger partial charge in [0.15, 0.2) is 0 Å². The van der Waals surface area contributed by atoms with E-state index < -0.39 is 0 Å². The quantitative estimate of drug-likeness (QED) is 0.807. The molecule has 0 spiro atoms. The summed E-state index contributed by atoms with van der Waals surface area (Å²) in [6.07, 6.45) is 5.46. The molecule has 2 rings (SSSR count). The zero-order valence-electron chi connectivity index (χ0n) is 10.9. The molecule has 0 radical (unpaired) electrons. The fraction of sp³-hybridized carbons (Fsp3) is 0.600. The summed E-state index contributed by atoms with van der Waals surface area (Å²) in [4.78, 5) is 2.54. The number of para-hydroxylation sites is 1. The number of nitrogens with zero attached hydrogens (tertiary/aromatic N) is 1. The van der Waals surface area contributed by atoms with Crippen LogP contribution in [0.25, 0.3) is 0 Å². The van der Waals surface area contributed by atoms with Crippen LogP contribution in [0.1, 0.15) is 38.2 Å². The second-order valence-electron chi connectivity index (χ2n) is 5.21. The van der Waals surface area contributed by atoms with E-state index in [1.165, 1.54) is 44.3 Å². The van der Waals surface area contributed by atoms with Crippen molar-refractivity contribution in [2.24, 2.45) is 5.92 Å². The Balaban J connectivity index is 1.84. The molecule has 2 heteroatoms. The maximum atomic E-state index is 5.99. The largest absolute Gasteiger partial charge is 0.398 e. The molecule has 1 aliphatic rings. The predicted molar refractivity (Wildman–Crippen MR) is 73.8 cm³/mol. The van der Waals surface area contributed by atoms with E-state index in [-0.39, 0.29) is 0 Å². The van der Waals surface area contributed by atoms with Crippen LogP contribution in [0.5, 0.6) is 0 Å². The van der Waals surface area contributed by atoms with E-state index in [1.54, 1.807) is 0 Å². The highest BCUT2D eigenvalue weighted by atomic mass is 15.1. The second kappa shape index (κ2) is 6.06. The monoisotopic (exact) mass is 232 g/mol. The van der Waals surface area contributed by atoms with Crippen molar-refractivity contribution in [1.82, 2.24) is 4.90 Å². The fourth-order valence-corrected chi connectivity index (χ4v) is 2.76. The van der Waals surface area contributed by atoms with Crippen LogP contribution in [-0.4, -0.2) is 18.0 Å². The Bertz CT molecular complexity index is 341. The van der Waals surface area contributed by atoms with E-state index in [4.69, 9.17) is 5.73 Å². The molecule has 94 valence electrons. The zero-order chi connectivity index (χ0) is 12.1. The first-order chi connectivity index (χ1) is 8.29. The third-order valence-corrected chi connectivity index (χ3v) is 3.85. The van der Waals surface area contributed by atoms with Crippen LogP contribution in [0.15, 0.2) is 24.3 Å². The average molecular weight is 232 g/mol. The van der Waals surface area contributed by atoms with Crippen LogP contribution in [0.2, 0.25) is 0 Å². The van der Waals surface area contributed by atoms with Gasteiger partial charge in [0.25, 0.3) is 0 Å². The number of benzene rings is 1. The first-order valence-electron chi connectivity index (χ1n) is 6.85. The Kier molecular flexibility index (Phi) is 4.43. The lowest BCUT2D eigenvalue weighted by molar-refractivity contribution is 0.172. The van der Waals surface area contributed by atoms with E-state index >= 15 is 0 Å². The molecule has 2 nitrogen and oxygen atoms in total. The van der Waals surface area contributed by atoms with Gasteiger partial charge >= 0.3 is 0 Å². The summed E-state index contributed by atoms with van der Waals surface area (Å²) >= 11 is 0. The van der Waals surface area contributed by atoms with Crippen molar-refractivity contribution in [2.45, 2.75) is 39.2 Å². The van der Waals surface area contributed by atoms with E-state index in [9.17, 15) is 0 Å². The normalized spacial score (nSPS) is 18.4. The minimum atomic E-state index is 0.934. The SMILES string of the molecule is CCCC1CCN(Cc2ccccc2N)CC1. The molecule has 2 N–H and O–H groups in total. The Labute approximate surface area is 105 Å². The molecule has 0 saturated carbocycles. The third-order valence-electron chi connectivity index (χ3n) is 3.85. The highest BCUT2D eigenvalue weighted by Gasteiger charge is 2.18. The second-order valence-corrected chi connectivity index (χ2v) is 5.21. The molecular formula is C15H24N2. The first kappa shape index (κ1) is 12.4. The molecule has 0 aromatic heterocycles. The molecule has 1 aliphatic heterocycles. The molecule has 17 heavy (non-hydrogen) atoms. The van der Waals surface area contributed by atoms with Gasteiger partial charge in [0.1, 0.15) is 0 Å². The van der Waals surface area contributed by atoms with Crippen molar-refractivity contribution in [1.29, 1.82) is 0 Å². The van der Waals surface area contributed by atoms with Gasteiger partial charge in [-0.25, -0.2) is 0 Å². The molecule has 0 amide bonds. The summed E-state index contributed by atoms with van der Waals surface area (Å²) in [5.74, 6) is 0.962. The molecule has 0 unspecified atom stereocenters. The summed E-state index contributed by atoms with van der Waals surface area (Å²) in [6, 6.07) is 8.23. The van der Waals surface area contributed by atoms with Gasteiger partial charge in [-0.05, 0) is 43.5 Å². The molecule has 0 aliphatic carbocycles. The number of rotatable bonds is 4. The minimum Gasteiger partial charge on any atom is -0.398 e. The first-order valence-corrected chi connectivity index (χ1v) is 6.85. The standard InChI is InChI=1S/C15H24N2/c1-2-5-13-8-10-17(11-9-13)12-14-6-3-4-7-15(14)16/h3-4,6-7,13H,2,5,8-12,16H2,1H3. The van der Waals surface area contributed by atoms with Crippen LogP contribution in [0, 0.1) is 5.92 Å². The van der Waals surface area contributed by atoms with Gasteiger partial charge < -0.3 is 5.73 Å². The fourth-order valence-electron chi connectivity index (χ4n) is 2.76. The molecule has 0 atom stereocenters. The van der Waals surface area contributed by atoms with E-state index in [1.807, 2.05) is 12.1 Å². The van der Waals surface area contributed by atoms with Gasteiger partial charge in [0, 0.05) is 12.2 Å². The number of hydrogen-bond acceptors (Lipinski definition) is 2. The van der Waals surface area contributed by atoms with E-state index in [0.717, 1.165) is 18.2 Å². The number of nitrogens with two attached hydrogens (primary N) is 1. The van der Waals surface area contributed by atoms with Gasteiger partial charge in [-0.1, -0.05) is 38.0 Å². The molecule has 0 bridgehead atoms. The number of piperidine rings is 1.